The number of nitrogens with one attached hydrogen (secondary N) is 1. The first-order chi connectivity index (χ1) is 15.8. The summed E-state index contributed by atoms with van der Waals surface area (Å²) in [5.41, 5.74) is 2.01. The Kier molecular flexibility index (Phi) is 7.07. The average Bonchev–Trinajstić information content (AvgIpc) is 3.31. The molecule has 176 valence electrons. The summed E-state index contributed by atoms with van der Waals surface area (Å²) >= 11 is 6.18. The number of halogens is 1. The topological polar surface area (TPSA) is 92.8 Å². The van der Waals surface area contributed by atoms with Crippen molar-refractivity contribution < 1.29 is 22.7 Å². The summed E-state index contributed by atoms with van der Waals surface area (Å²) in [6.45, 7) is 2.10. The Bertz CT molecular complexity index is 1160. The van der Waals surface area contributed by atoms with Crippen molar-refractivity contribution in [3.8, 4) is 0 Å². The third-order valence-electron chi connectivity index (χ3n) is 6.25. The van der Waals surface area contributed by atoms with Crippen molar-refractivity contribution in [3.63, 3.8) is 0 Å². The van der Waals surface area contributed by atoms with Crippen LogP contribution in [0.4, 0.5) is 0 Å². The average molecular weight is 491 g/mol. The molecule has 1 unspecified atom stereocenters. The molecule has 9 heteroatoms. The number of carbonyl (C=O) groups excluding carboxylic acids is 2. The lowest BCUT2D eigenvalue weighted by atomic mass is 10.0. The quantitative estimate of drug-likeness (QED) is 0.623. The highest BCUT2D eigenvalue weighted by Crippen LogP contribution is 2.28. The number of sulfonamides is 1. The number of fused-ring (bicyclic) bond motifs is 1. The summed E-state index contributed by atoms with van der Waals surface area (Å²) in [5.74, 6) is -1.21. The summed E-state index contributed by atoms with van der Waals surface area (Å²) in [4.78, 5) is 25.1. The number of benzene rings is 2. The Morgan fingerprint density at radius 1 is 1.12 bits per heavy atom. The first-order valence-electron chi connectivity index (χ1n) is 11.1. The first kappa shape index (κ1) is 23.7. The van der Waals surface area contributed by atoms with Gasteiger partial charge in [-0.3, -0.25) is 4.79 Å². The lowest BCUT2D eigenvalue weighted by molar-refractivity contribution is -0.129. The molecule has 33 heavy (non-hydrogen) atoms. The van der Waals surface area contributed by atoms with Gasteiger partial charge in [0.05, 0.1) is 15.5 Å². The molecular formula is C24H27ClN2O5S. The van der Waals surface area contributed by atoms with E-state index in [1.54, 1.807) is 0 Å². The summed E-state index contributed by atoms with van der Waals surface area (Å²) in [5, 5.41) is 2.95. The second-order valence-electron chi connectivity index (χ2n) is 8.54. The van der Waals surface area contributed by atoms with Gasteiger partial charge in [-0.05, 0) is 55.5 Å². The number of hydrogen-bond donors (Lipinski definition) is 1. The highest BCUT2D eigenvalue weighted by molar-refractivity contribution is 7.89. The number of hydrogen-bond acceptors (Lipinski definition) is 5. The fourth-order valence-corrected chi connectivity index (χ4v) is 5.95. The van der Waals surface area contributed by atoms with Crippen molar-refractivity contribution in [2.45, 2.75) is 62.6 Å². The maximum Gasteiger partial charge on any atom is 0.340 e. The summed E-state index contributed by atoms with van der Waals surface area (Å²) in [7, 11) is -3.85. The van der Waals surface area contributed by atoms with Crippen molar-refractivity contribution in [1.29, 1.82) is 0 Å². The van der Waals surface area contributed by atoms with Crippen molar-refractivity contribution in [2.75, 3.05) is 6.54 Å². The van der Waals surface area contributed by atoms with Crippen LogP contribution in [0.1, 0.15) is 54.1 Å². The number of amides is 1. The van der Waals surface area contributed by atoms with E-state index in [0.717, 1.165) is 36.8 Å². The number of rotatable bonds is 6. The molecule has 1 saturated carbocycles. The van der Waals surface area contributed by atoms with Crippen LogP contribution in [0.15, 0.2) is 47.4 Å². The molecule has 1 fully saturated rings. The third-order valence-corrected chi connectivity index (χ3v) is 8.42. The van der Waals surface area contributed by atoms with Crippen LogP contribution in [-0.2, 0) is 32.5 Å². The van der Waals surface area contributed by atoms with E-state index in [-0.39, 0.29) is 34.0 Å². The zero-order valence-corrected chi connectivity index (χ0v) is 20.0. The fourth-order valence-electron chi connectivity index (χ4n) is 4.31. The minimum absolute atomic E-state index is 0.0405. The van der Waals surface area contributed by atoms with Crippen molar-refractivity contribution in [2.24, 2.45) is 0 Å². The minimum Gasteiger partial charge on any atom is -0.449 e. The molecule has 1 aliphatic carbocycles. The second-order valence-corrected chi connectivity index (χ2v) is 10.9. The van der Waals surface area contributed by atoms with Crippen LogP contribution < -0.4 is 5.32 Å². The van der Waals surface area contributed by atoms with Gasteiger partial charge in [0, 0.05) is 19.1 Å². The van der Waals surface area contributed by atoms with Crippen molar-refractivity contribution in [3.05, 3.63) is 64.2 Å². The first-order valence-corrected chi connectivity index (χ1v) is 13.0. The fraction of sp³-hybridized carbons (Fsp3) is 0.417. The predicted molar refractivity (Wildman–Crippen MR) is 124 cm³/mol. The molecule has 7 nitrogen and oxygen atoms in total. The molecular weight excluding hydrogens is 464 g/mol. The van der Waals surface area contributed by atoms with E-state index in [4.69, 9.17) is 16.3 Å². The number of esters is 1. The van der Waals surface area contributed by atoms with Crippen LogP contribution in [0.2, 0.25) is 5.02 Å². The van der Waals surface area contributed by atoms with Crippen LogP contribution >= 0.6 is 11.6 Å². The molecule has 0 aromatic heterocycles. The van der Waals surface area contributed by atoms with Crippen LogP contribution in [0.25, 0.3) is 0 Å². The molecule has 1 atom stereocenters. The van der Waals surface area contributed by atoms with Crippen LogP contribution in [0.5, 0.6) is 0 Å². The zero-order chi connectivity index (χ0) is 23.6. The lowest BCUT2D eigenvalue weighted by Gasteiger charge is -2.28. The largest absolute Gasteiger partial charge is 0.449 e. The molecule has 0 saturated heterocycles. The van der Waals surface area contributed by atoms with E-state index in [0.29, 0.717) is 13.0 Å². The number of nitrogens with zero attached hydrogens (tertiary/aromatic N) is 1. The highest BCUT2D eigenvalue weighted by atomic mass is 35.5. The zero-order valence-electron chi connectivity index (χ0n) is 18.4. The van der Waals surface area contributed by atoms with Gasteiger partial charge in [-0.15, -0.1) is 0 Å². The van der Waals surface area contributed by atoms with E-state index >= 15 is 0 Å². The highest BCUT2D eigenvalue weighted by Gasteiger charge is 2.30. The van der Waals surface area contributed by atoms with Crippen LogP contribution in [-0.4, -0.2) is 43.3 Å². The molecule has 0 bridgehead atoms. The Hall–Kier alpha value is -2.42. The van der Waals surface area contributed by atoms with Gasteiger partial charge in [-0.2, -0.15) is 4.31 Å². The van der Waals surface area contributed by atoms with Gasteiger partial charge in [0.1, 0.15) is 0 Å². The van der Waals surface area contributed by atoms with Gasteiger partial charge in [0.15, 0.2) is 6.10 Å². The maximum absolute atomic E-state index is 13.3. The third kappa shape index (κ3) is 5.23. The molecule has 2 aromatic carbocycles. The Balaban J connectivity index is 1.49. The number of ether oxygens (including phenoxy) is 1. The molecule has 2 aliphatic rings. The summed E-state index contributed by atoms with van der Waals surface area (Å²) in [6.07, 6.45) is 3.56. The van der Waals surface area contributed by atoms with E-state index < -0.39 is 22.1 Å². The SMILES string of the molecule is CC(OC(=O)c1cc(S(=O)(=O)N2CCc3ccccc3C2)ccc1Cl)C(=O)NC1CCCC1. The van der Waals surface area contributed by atoms with Gasteiger partial charge >= 0.3 is 5.97 Å². The predicted octanol–water partition coefficient (Wildman–Crippen LogP) is 3.69. The Morgan fingerprint density at radius 3 is 2.55 bits per heavy atom. The van der Waals surface area contributed by atoms with Gasteiger partial charge < -0.3 is 10.1 Å². The van der Waals surface area contributed by atoms with Crippen LogP contribution in [0.3, 0.4) is 0 Å². The smallest absolute Gasteiger partial charge is 0.340 e. The molecule has 4 rings (SSSR count). The number of carbonyl (C=O) groups is 2. The Morgan fingerprint density at radius 2 is 1.82 bits per heavy atom. The van der Waals surface area contributed by atoms with E-state index in [1.165, 1.54) is 29.4 Å². The van der Waals surface area contributed by atoms with E-state index in [9.17, 15) is 18.0 Å². The standard InChI is InChI=1S/C24H27ClN2O5S/c1-16(23(28)26-19-8-4-5-9-19)32-24(29)21-14-20(10-11-22(21)25)33(30,31)27-13-12-17-6-2-3-7-18(17)15-27/h2-3,6-7,10-11,14,16,19H,4-5,8-9,12-13,15H2,1H3,(H,26,28). The van der Waals surface area contributed by atoms with Gasteiger partial charge in [-0.25, -0.2) is 13.2 Å². The minimum atomic E-state index is -3.85. The van der Waals surface area contributed by atoms with E-state index in [2.05, 4.69) is 5.32 Å². The molecule has 1 amide bonds. The molecule has 0 spiro atoms. The molecule has 1 N–H and O–H groups in total. The lowest BCUT2D eigenvalue weighted by Crippen LogP contribution is -2.40. The summed E-state index contributed by atoms with van der Waals surface area (Å²) in [6, 6.07) is 11.8. The molecule has 1 aliphatic heterocycles. The summed E-state index contributed by atoms with van der Waals surface area (Å²) < 4.78 is 33.2. The van der Waals surface area contributed by atoms with E-state index in [1.807, 2.05) is 24.3 Å². The molecule has 2 aromatic rings. The molecule has 1 heterocycles. The molecule has 0 radical (unpaired) electrons. The normalized spacial score (nSPS) is 17.9. The Labute approximate surface area is 199 Å². The van der Waals surface area contributed by atoms with Gasteiger partial charge in [0.25, 0.3) is 5.91 Å². The maximum atomic E-state index is 13.3. The monoisotopic (exact) mass is 490 g/mol. The van der Waals surface area contributed by atoms with Gasteiger partial charge in [0.2, 0.25) is 10.0 Å². The van der Waals surface area contributed by atoms with Crippen LogP contribution in [0, 0.1) is 0 Å². The van der Waals surface area contributed by atoms with Gasteiger partial charge in [-0.1, -0.05) is 48.7 Å². The second kappa shape index (κ2) is 9.83. The van der Waals surface area contributed by atoms with Crippen molar-refractivity contribution in [1.82, 2.24) is 9.62 Å². The van der Waals surface area contributed by atoms with Crippen molar-refractivity contribution >= 4 is 33.5 Å².